The highest BCUT2D eigenvalue weighted by molar-refractivity contribution is 5.28. The zero-order valence-corrected chi connectivity index (χ0v) is 14.8. The number of benzene rings is 1. The topological polar surface area (TPSA) is 21.7 Å². The van der Waals surface area contributed by atoms with Gasteiger partial charge in [0.1, 0.15) is 5.75 Å². The first-order valence-corrected chi connectivity index (χ1v) is 9.18. The van der Waals surface area contributed by atoms with Crippen molar-refractivity contribution in [3.8, 4) is 5.75 Å². The van der Waals surface area contributed by atoms with E-state index in [4.69, 9.17) is 9.47 Å². The van der Waals surface area contributed by atoms with Crippen LogP contribution in [0.5, 0.6) is 5.75 Å². The summed E-state index contributed by atoms with van der Waals surface area (Å²) in [5.41, 5.74) is 1.39. The van der Waals surface area contributed by atoms with E-state index in [2.05, 4.69) is 49.9 Å². The molecule has 0 radical (unpaired) electrons. The van der Waals surface area contributed by atoms with Crippen molar-refractivity contribution in [3.63, 3.8) is 0 Å². The van der Waals surface area contributed by atoms with E-state index in [9.17, 15) is 0 Å². The van der Waals surface area contributed by atoms with Crippen LogP contribution in [-0.2, 0) is 11.2 Å². The van der Waals surface area contributed by atoms with E-state index in [1.807, 2.05) is 0 Å². The fourth-order valence-electron chi connectivity index (χ4n) is 3.60. The third kappa shape index (κ3) is 5.50. The van der Waals surface area contributed by atoms with Crippen molar-refractivity contribution in [1.82, 2.24) is 4.90 Å². The summed E-state index contributed by atoms with van der Waals surface area (Å²) in [5.74, 6) is 2.49. The van der Waals surface area contributed by atoms with E-state index in [-0.39, 0.29) is 0 Å². The quantitative estimate of drug-likeness (QED) is 0.764. The van der Waals surface area contributed by atoms with Crippen LogP contribution in [0.2, 0.25) is 0 Å². The second-order valence-corrected chi connectivity index (χ2v) is 7.69. The molecule has 2 fully saturated rings. The number of morpholine rings is 1. The molecular weight excluding hydrogens is 286 g/mol. The SMILES string of the molecule is C[C@@H](Cc1cccc(OCC2CC2)c1)CN1C[C@@H](C)O[C@@H](C)C1. The smallest absolute Gasteiger partial charge is 0.119 e. The highest BCUT2D eigenvalue weighted by Crippen LogP contribution is 2.29. The second kappa shape index (κ2) is 7.67. The minimum atomic E-state index is 0.352. The predicted octanol–water partition coefficient (Wildman–Crippen LogP) is 3.76. The molecule has 128 valence electrons. The summed E-state index contributed by atoms with van der Waals surface area (Å²) in [5, 5.41) is 0. The van der Waals surface area contributed by atoms with Gasteiger partial charge in [0.25, 0.3) is 0 Å². The maximum atomic E-state index is 5.90. The lowest BCUT2D eigenvalue weighted by atomic mass is 10.00. The minimum absolute atomic E-state index is 0.352. The molecule has 1 aromatic rings. The fraction of sp³-hybridized carbons (Fsp3) is 0.700. The minimum Gasteiger partial charge on any atom is -0.493 e. The van der Waals surface area contributed by atoms with E-state index in [1.54, 1.807) is 0 Å². The molecule has 1 heterocycles. The molecule has 1 aromatic carbocycles. The molecule has 0 N–H and O–H groups in total. The predicted molar refractivity (Wildman–Crippen MR) is 94.0 cm³/mol. The summed E-state index contributed by atoms with van der Waals surface area (Å²) in [7, 11) is 0. The summed E-state index contributed by atoms with van der Waals surface area (Å²) in [4.78, 5) is 2.55. The second-order valence-electron chi connectivity index (χ2n) is 7.69. The Labute approximate surface area is 141 Å². The molecule has 1 aliphatic heterocycles. The van der Waals surface area contributed by atoms with Crippen molar-refractivity contribution >= 4 is 0 Å². The fourth-order valence-corrected chi connectivity index (χ4v) is 3.60. The Balaban J connectivity index is 1.48. The van der Waals surface area contributed by atoms with Crippen LogP contribution < -0.4 is 4.74 Å². The number of rotatable bonds is 7. The summed E-state index contributed by atoms with van der Waals surface area (Å²) in [6.07, 6.45) is 4.50. The molecule has 3 heteroatoms. The van der Waals surface area contributed by atoms with Gasteiger partial charge in [-0.1, -0.05) is 19.1 Å². The Hall–Kier alpha value is -1.06. The number of ether oxygens (including phenoxy) is 2. The van der Waals surface area contributed by atoms with Crippen molar-refractivity contribution in [2.75, 3.05) is 26.2 Å². The van der Waals surface area contributed by atoms with Crippen molar-refractivity contribution in [3.05, 3.63) is 29.8 Å². The normalized spacial score (nSPS) is 26.9. The van der Waals surface area contributed by atoms with E-state index in [0.29, 0.717) is 18.1 Å². The maximum absolute atomic E-state index is 5.90. The van der Waals surface area contributed by atoms with Gasteiger partial charge in [-0.2, -0.15) is 0 Å². The molecule has 0 amide bonds. The monoisotopic (exact) mass is 317 g/mol. The highest BCUT2D eigenvalue weighted by Gasteiger charge is 2.23. The summed E-state index contributed by atoms with van der Waals surface area (Å²) in [6.45, 7) is 10.8. The summed E-state index contributed by atoms with van der Waals surface area (Å²) >= 11 is 0. The van der Waals surface area contributed by atoms with Gasteiger partial charge in [-0.3, -0.25) is 4.90 Å². The molecule has 1 saturated heterocycles. The maximum Gasteiger partial charge on any atom is 0.119 e. The van der Waals surface area contributed by atoms with Gasteiger partial charge in [-0.25, -0.2) is 0 Å². The molecule has 0 unspecified atom stereocenters. The lowest BCUT2D eigenvalue weighted by Crippen LogP contribution is -2.47. The average Bonchev–Trinajstić information content (AvgIpc) is 3.28. The molecule has 23 heavy (non-hydrogen) atoms. The molecule has 1 saturated carbocycles. The Morgan fingerprint density at radius 1 is 1.22 bits per heavy atom. The average molecular weight is 317 g/mol. The Kier molecular flexibility index (Phi) is 5.60. The van der Waals surface area contributed by atoms with Crippen molar-refractivity contribution in [1.29, 1.82) is 0 Å². The highest BCUT2D eigenvalue weighted by atomic mass is 16.5. The van der Waals surface area contributed by atoms with E-state index in [0.717, 1.165) is 44.3 Å². The van der Waals surface area contributed by atoms with E-state index in [1.165, 1.54) is 18.4 Å². The van der Waals surface area contributed by atoms with Crippen LogP contribution in [0, 0.1) is 11.8 Å². The van der Waals surface area contributed by atoms with Crippen LogP contribution in [0.3, 0.4) is 0 Å². The molecular formula is C20H31NO2. The van der Waals surface area contributed by atoms with Crippen LogP contribution in [0.4, 0.5) is 0 Å². The van der Waals surface area contributed by atoms with Gasteiger partial charge in [0.2, 0.25) is 0 Å². The zero-order valence-electron chi connectivity index (χ0n) is 14.8. The third-order valence-corrected chi connectivity index (χ3v) is 4.73. The van der Waals surface area contributed by atoms with Gasteiger partial charge in [0.05, 0.1) is 18.8 Å². The molecule has 2 aliphatic rings. The molecule has 3 nitrogen and oxygen atoms in total. The summed E-state index contributed by atoms with van der Waals surface area (Å²) in [6, 6.07) is 8.67. The van der Waals surface area contributed by atoms with Gasteiger partial charge in [-0.15, -0.1) is 0 Å². The molecule has 0 aromatic heterocycles. The van der Waals surface area contributed by atoms with Gasteiger partial charge >= 0.3 is 0 Å². The first kappa shape index (κ1) is 16.8. The number of hydrogen-bond acceptors (Lipinski definition) is 3. The van der Waals surface area contributed by atoms with Crippen LogP contribution in [0.1, 0.15) is 39.2 Å². The lowest BCUT2D eigenvalue weighted by molar-refractivity contribution is -0.0708. The van der Waals surface area contributed by atoms with Crippen molar-refractivity contribution < 1.29 is 9.47 Å². The van der Waals surface area contributed by atoms with Crippen LogP contribution >= 0.6 is 0 Å². The standard InChI is InChI=1S/C20H31NO2/c1-15(11-21-12-16(2)23-17(3)13-21)9-19-5-4-6-20(10-19)22-14-18-7-8-18/h4-6,10,15-18H,7-9,11-14H2,1-3H3/t15-,16-,17+/m0/s1. The first-order chi connectivity index (χ1) is 11.1. The Morgan fingerprint density at radius 2 is 1.96 bits per heavy atom. The molecule has 3 atom stereocenters. The molecule has 0 bridgehead atoms. The van der Waals surface area contributed by atoms with Crippen molar-refractivity contribution in [2.24, 2.45) is 11.8 Å². The molecule has 0 spiro atoms. The van der Waals surface area contributed by atoms with Crippen LogP contribution in [0.25, 0.3) is 0 Å². The van der Waals surface area contributed by atoms with Gasteiger partial charge < -0.3 is 9.47 Å². The summed E-state index contributed by atoms with van der Waals surface area (Å²) < 4.78 is 11.7. The zero-order chi connectivity index (χ0) is 16.2. The largest absolute Gasteiger partial charge is 0.493 e. The van der Waals surface area contributed by atoms with Gasteiger partial charge in [-0.05, 0) is 62.6 Å². The van der Waals surface area contributed by atoms with E-state index >= 15 is 0 Å². The molecule has 3 rings (SSSR count). The number of hydrogen-bond donors (Lipinski definition) is 0. The van der Waals surface area contributed by atoms with Crippen LogP contribution in [-0.4, -0.2) is 43.3 Å². The third-order valence-electron chi connectivity index (χ3n) is 4.73. The van der Waals surface area contributed by atoms with Gasteiger partial charge in [0.15, 0.2) is 0 Å². The Bertz CT molecular complexity index is 490. The Morgan fingerprint density at radius 3 is 2.65 bits per heavy atom. The number of nitrogens with zero attached hydrogens (tertiary/aromatic N) is 1. The van der Waals surface area contributed by atoms with Crippen LogP contribution in [0.15, 0.2) is 24.3 Å². The molecule has 1 aliphatic carbocycles. The lowest BCUT2D eigenvalue weighted by Gasteiger charge is -2.36. The van der Waals surface area contributed by atoms with Crippen molar-refractivity contribution in [2.45, 2.75) is 52.2 Å². The first-order valence-electron chi connectivity index (χ1n) is 9.18. The van der Waals surface area contributed by atoms with Gasteiger partial charge in [0, 0.05) is 19.6 Å². The van der Waals surface area contributed by atoms with E-state index < -0.39 is 0 Å².